The van der Waals surface area contributed by atoms with E-state index in [4.69, 9.17) is 0 Å². The summed E-state index contributed by atoms with van der Waals surface area (Å²) in [6.07, 6.45) is 1.04. The van der Waals surface area contributed by atoms with E-state index in [1.165, 1.54) is 11.1 Å². The minimum absolute atomic E-state index is 0.395. The van der Waals surface area contributed by atoms with Crippen molar-refractivity contribution < 1.29 is 0 Å². The Morgan fingerprint density at radius 1 is 1.14 bits per heavy atom. The molecule has 1 aromatic carbocycles. The van der Waals surface area contributed by atoms with Gasteiger partial charge >= 0.3 is 0 Å². The molecule has 4 heteroatoms. The smallest absolute Gasteiger partial charge is 0.226 e. The van der Waals surface area contributed by atoms with E-state index in [1.54, 1.807) is 0 Å². The highest BCUT2D eigenvalue weighted by Gasteiger charge is 2.27. The molecule has 21 heavy (non-hydrogen) atoms. The lowest BCUT2D eigenvalue weighted by Crippen LogP contribution is -2.46. The zero-order chi connectivity index (χ0) is 14.8. The third-order valence-corrected chi connectivity index (χ3v) is 4.02. The molecule has 0 spiro atoms. The van der Waals surface area contributed by atoms with Gasteiger partial charge in [-0.15, -0.1) is 0 Å². The zero-order valence-corrected chi connectivity index (χ0v) is 12.9. The summed E-state index contributed by atoms with van der Waals surface area (Å²) >= 11 is 0. The van der Waals surface area contributed by atoms with Crippen molar-refractivity contribution in [3.05, 3.63) is 52.8 Å². The molecule has 1 aliphatic heterocycles. The van der Waals surface area contributed by atoms with E-state index >= 15 is 0 Å². The Morgan fingerprint density at radius 3 is 2.48 bits per heavy atom. The van der Waals surface area contributed by atoms with Crippen molar-refractivity contribution in [1.82, 2.24) is 15.3 Å². The van der Waals surface area contributed by atoms with Crippen LogP contribution in [-0.4, -0.2) is 29.6 Å². The van der Waals surface area contributed by atoms with Gasteiger partial charge in [0.2, 0.25) is 5.95 Å². The lowest BCUT2D eigenvalue weighted by molar-refractivity contribution is 0.517. The highest BCUT2D eigenvalue weighted by Crippen LogP contribution is 2.26. The monoisotopic (exact) mass is 282 g/mol. The first-order chi connectivity index (χ1) is 10.2. The molecule has 0 radical (unpaired) electrons. The average Bonchev–Trinajstić information content (AvgIpc) is 2.46. The number of benzene rings is 1. The van der Waals surface area contributed by atoms with Gasteiger partial charge in [-0.25, -0.2) is 9.97 Å². The van der Waals surface area contributed by atoms with Crippen LogP contribution in [0, 0.1) is 13.8 Å². The second-order valence-corrected chi connectivity index (χ2v) is 5.76. The first kappa shape index (κ1) is 14.0. The normalized spacial score (nSPS) is 17.7. The maximum Gasteiger partial charge on any atom is 0.226 e. The number of fused-ring (bicyclic) bond motifs is 1. The molecule has 1 aromatic heterocycles. The van der Waals surface area contributed by atoms with Crippen molar-refractivity contribution in [2.24, 2.45) is 0 Å². The van der Waals surface area contributed by atoms with Gasteiger partial charge in [0.15, 0.2) is 0 Å². The Kier molecular flexibility index (Phi) is 3.88. The van der Waals surface area contributed by atoms with Crippen LogP contribution >= 0.6 is 0 Å². The zero-order valence-electron chi connectivity index (χ0n) is 12.9. The second kappa shape index (κ2) is 5.82. The fourth-order valence-electron chi connectivity index (χ4n) is 3.08. The molecule has 0 fully saturated rings. The molecule has 0 bridgehead atoms. The third-order valence-electron chi connectivity index (χ3n) is 4.02. The van der Waals surface area contributed by atoms with Crippen LogP contribution in [0.5, 0.6) is 0 Å². The topological polar surface area (TPSA) is 41.0 Å². The summed E-state index contributed by atoms with van der Waals surface area (Å²) in [5.74, 6) is 0.849. The Morgan fingerprint density at radius 2 is 1.81 bits per heavy atom. The molecule has 0 saturated heterocycles. The van der Waals surface area contributed by atoms with Crippen LogP contribution in [-0.2, 0) is 13.0 Å². The number of aromatic nitrogens is 2. The van der Waals surface area contributed by atoms with E-state index in [2.05, 4.69) is 44.5 Å². The molecule has 4 nitrogen and oxygen atoms in total. The maximum absolute atomic E-state index is 4.65. The lowest BCUT2D eigenvalue weighted by atomic mass is 9.94. The van der Waals surface area contributed by atoms with Crippen LogP contribution in [0.25, 0.3) is 0 Å². The number of nitrogens with zero attached hydrogens (tertiary/aromatic N) is 3. The summed E-state index contributed by atoms with van der Waals surface area (Å²) < 4.78 is 0. The van der Waals surface area contributed by atoms with Gasteiger partial charge in [0.05, 0.1) is 0 Å². The highest BCUT2D eigenvalue weighted by atomic mass is 15.3. The molecule has 0 amide bonds. The van der Waals surface area contributed by atoms with Crippen molar-refractivity contribution in [1.29, 1.82) is 0 Å². The Balaban J connectivity index is 1.98. The van der Waals surface area contributed by atoms with Crippen molar-refractivity contribution in [3.8, 4) is 0 Å². The molecule has 110 valence electrons. The summed E-state index contributed by atoms with van der Waals surface area (Å²) in [4.78, 5) is 11.6. The van der Waals surface area contributed by atoms with Gasteiger partial charge in [0, 0.05) is 30.5 Å². The first-order valence-electron chi connectivity index (χ1n) is 7.47. The quantitative estimate of drug-likeness (QED) is 0.937. The Hall–Kier alpha value is -1.94. The standard InChI is InChI=1S/C17H22N4/c1-12-8-13(2)20-17(19-12)21-11-15-7-5-4-6-14(15)9-16(21)10-18-3/h4-8,16,18H,9-11H2,1-3H3. The fourth-order valence-corrected chi connectivity index (χ4v) is 3.08. The molecule has 2 aromatic rings. The molecular formula is C17H22N4. The van der Waals surface area contributed by atoms with Crippen LogP contribution in [0.4, 0.5) is 5.95 Å². The number of likely N-dealkylation sites (N-methyl/N-ethyl adjacent to an activating group) is 1. The van der Waals surface area contributed by atoms with Gasteiger partial charge in [0.1, 0.15) is 0 Å². The Labute approximate surface area is 126 Å². The molecule has 0 aliphatic carbocycles. The fraction of sp³-hybridized carbons (Fsp3) is 0.412. The molecule has 1 N–H and O–H groups in total. The molecule has 3 rings (SSSR count). The van der Waals surface area contributed by atoms with Gasteiger partial charge in [-0.3, -0.25) is 0 Å². The van der Waals surface area contributed by atoms with Crippen LogP contribution in [0.1, 0.15) is 22.5 Å². The third kappa shape index (κ3) is 2.90. The predicted molar refractivity (Wildman–Crippen MR) is 85.5 cm³/mol. The number of anilines is 1. The van der Waals surface area contributed by atoms with E-state index in [9.17, 15) is 0 Å². The maximum atomic E-state index is 4.65. The lowest BCUT2D eigenvalue weighted by Gasteiger charge is -2.37. The average molecular weight is 282 g/mol. The van der Waals surface area contributed by atoms with E-state index in [0.717, 1.165) is 36.8 Å². The molecule has 0 saturated carbocycles. The summed E-state index contributed by atoms with van der Waals surface area (Å²) in [7, 11) is 2.00. The SMILES string of the molecule is CNCC1Cc2ccccc2CN1c1nc(C)cc(C)n1. The van der Waals surface area contributed by atoms with Gasteiger partial charge < -0.3 is 10.2 Å². The first-order valence-corrected chi connectivity index (χ1v) is 7.47. The molecule has 2 heterocycles. The van der Waals surface area contributed by atoms with Crippen LogP contribution in [0.2, 0.25) is 0 Å². The van der Waals surface area contributed by atoms with Gasteiger partial charge in [-0.05, 0) is 44.5 Å². The number of nitrogens with one attached hydrogen (secondary N) is 1. The molecule has 1 unspecified atom stereocenters. The summed E-state index contributed by atoms with van der Waals surface area (Å²) in [5.41, 5.74) is 4.88. The van der Waals surface area contributed by atoms with E-state index in [-0.39, 0.29) is 0 Å². The summed E-state index contributed by atoms with van der Waals surface area (Å²) in [6, 6.07) is 11.1. The van der Waals surface area contributed by atoms with Gasteiger partial charge in [-0.1, -0.05) is 24.3 Å². The van der Waals surface area contributed by atoms with Crippen molar-refractivity contribution in [3.63, 3.8) is 0 Å². The summed E-state index contributed by atoms with van der Waals surface area (Å²) in [6.45, 7) is 5.88. The minimum Gasteiger partial charge on any atom is -0.332 e. The number of aryl methyl sites for hydroxylation is 2. The second-order valence-electron chi connectivity index (χ2n) is 5.76. The van der Waals surface area contributed by atoms with Crippen molar-refractivity contribution >= 4 is 5.95 Å². The van der Waals surface area contributed by atoms with Crippen molar-refractivity contribution in [2.45, 2.75) is 32.9 Å². The highest BCUT2D eigenvalue weighted by molar-refractivity contribution is 5.42. The largest absolute Gasteiger partial charge is 0.332 e. The van der Waals surface area contributed by atoms with Crippen LogP contribution in [0.3, 0.4) is 0 Å². The number of hydrogen-bond donors (Lipinski definition) is 1. The minimum atomic E-state index is 0.395. The van der Waals surface area contributed by atoms with Crippen LogP contribution in [0.15, 0.2) is 30.3 Å². The Bertz CT molecular complexity index is 618. The van der Waals surface area contributed by atoms with Crippen LogP contribution < -0.4 is 10.2 Å². The van der Waals surface area contributed by atoms with E-state index < -0.39 is 0 Å². The van der Waals surface area contributed by atoms with Crippen molar-refractivity contribution in [2.75, 3.05) is 18.5 Å². The summed E-state index contributed by atoms with van der Waals surface area (Å²) in [5, 5.41) is 3.30. The van der Waals surface area contributed by atoms with E-state index in [0.29, 0.717) is 6.04 Å². The van der Waals surface area contributed by atoms with Gasteiger partial charge in [0.25, 0.3) is 0 Å². The molecule has 1 aliphatic rings. The molecular weight excluding hydrogens is 260 g/mol. The van der Waals surface area contributed by atoms with Gasteiger partial charge in [-0.2, -0.15) is 0 Å². The predicted octanol–water partition coefficient (Wildman–Crippen LogP) is 2.24. The molecule has 1 atom stereocenters. The number of hydrogen-bond acceptors (Lipinski definition) is 4. The van der Waals surface area contributed by atoms with E-state index in [1.807, 2.05) is 27.0 Å². The number of rotatable bonds is 3.